The van der Waals surface area contributed by atoms with Gasteiger partial charge in [-0.2, -0.15) is 4.98 Å². The number of ether oxygens (including phenoxy) is 1. The Bertz CT molecular complexity index is 1110. The molecule has 0 saturated heterocycles. The van der Waals surface area contributed by atoms with Crippen molar-refractivity contribution in [3.05, 3.63) is 53.4 Å². The van der Waals surface area contributed by atoms with Crippen LogP contribution in [-0.2, 0) is 14.3 Å². The van der Waals surface area contributed by atoms with Crippen LogP contribution in [0.4, 0.5) is 4.39 Å². The maximum absolute atomic E-state index is 13.3. The fourth-order valence-corrected chi connectivity index (χ4v) is 4.26. The van der Waals surface area contributed by atoms with Crippen molar-refractivity contribution in [1.82, 2.24) is 20.1 Å². The van der Waals surface area contributed by atoms with Gasteiger partial charge in [-0.05, 0) is 48.6 Å². The molecule has 1 aliphatic carbocycles. The second kappa shape index (κ2) is 9.82. The summed E-state index contributed by atoms with van der Waals surface area (Å²) in [7, 11) is 0. The molecule has 0 unspecified atom stereocenters. The van der Waals surface area contributed by atoms with Crippen molar-refractivity contribution in [1.29, 1.82) is 0 Å². The Morgan fingerprint density at radius 1 is 1.12 bits per heavy atom. The summed E-state index contributed by atoms with van der Waals surface area (Å²) in [5.74, 6) is -2.36. The van der Waals surface area contributed by atoms with Crippen LogP contribution >= 0.6 is 11.3 Å². The summed E-state index contributed by atoms with van der Waals surface area (Å²) < 4.78 is 19.7. The minimum Gasteiger partial charge on any atom is -0.450 e. The van der Waals surface area contributed by atoms with Crippen molar-refractivity contribution >= 4 is 29.1 Å². The first-order valence-electron chi connectivity index (χ1n) is 10.3. The third-order valence-corrected chi connectivity index (χ3v) is 6.04. The van der Waals surface area contributed by atoms with Gasteiger partial charge in [-0.25, -0.2) is 13.9 Å². The van der Waals surface area contributed by atoms with E-state index in [-0.39, 0.29) is 17.6 Å². The summed E-state index contributed by atoms with van der Waals surface area (Å²) in [6, 6.07) is 9.23. The van der Waals surface area contributed by atoms with Gasteiger partial charge in [0.1, 0.15) is 5.82 Å². The summed E-state index contributed by atoms with van der Waals surface area (Å²) in [6.45, 7) is -0.614. The lowest BCUT2D eigenvalue weighted by Gasteiger charge is -2.20. The minimum atomic E-state index is -0.899. The van der Waals surface area contributed by atoms with Crippen molar-refractivity contribution in [3.63, 3.8) is 0 Å². The molecule has 1 N–H and O–H groups in total. The molecule has 32 heavy (non-hydrogen) atoms. The standard InChI is InChI=1S/C22H21FN4O4S/c23-15-8-10-16(11-9-15)27-20(17-7-4-12-32-17)25-19(26-27)22(30)31-13-18(28)24-21(29)14-5-2-1-3-6-14/h4,7-12,14H,1-3,5-6,13H2,(H,24,28,29). The number of aromatic nitrogens is 3. The number of rotatable bonds is 6. The van der Waals surface area contributed by atoms with E-state index >= 15 is 0 Å². The molecule has 0 bridgehead atoms. The molecule has 2 amide bonds. The van der Waals surface area contributed by atoms with Crippen molar-refractivity contribution < 1.29 is 23.5 Å². The predicted octanol–water partition coefficient (Wildman–Crippen LogP) is 3.51. The molecule has 8 nitrogen and oxygen atoms in total. The van der Waals surface area contributed by atoms with Gasteiger partial charge in [-0.1, -0.05) is 25.3 Å². The monoisotopic (exact) mass is 456 g/mol. The Morgan fingerprint density at radius 2 is 1.88 bits per heavy atom. The summed E-state index contributed by atoms with van der Waals surface area (Å²) in [5.41, 5.74) is 0.511. The molecule has 3 aromatic rings. The largest absolute Gasteiger partial charge is 0.450 e. The molecule has 166 valence electrons. The number of imide groups is 1. The number of benzene rings is 1. The Labute approximate surface area is 187 Å². The summed E-state index contributed by atoms with van der Waals surface area (Å²) >= 11 is 1.40. The summed E-state index contributed by atoms with van der Waals surface area (Å²) in [5, 5.41) is 8.34. The normalized spacial score (nSPS) is 14.2. The van der Waals surface area contributed by atoms with Crippen LogP contribution in [0, 0.1) is 11.7 Å². The van der Waals surface area contributed by atoms with E-state index in [1.54, 1.807) is 0 Å². The zero-order valence-electron chi connectivity index (χ0n) is 17.1. The number of nitrogens with one attached hydrogen (secondary N) is 1. The highest BCUT2D eigenvalue weighted by molar-refractivity contribution is 7.13. The number of halogens is 1. The summed E-state index contributed by atoms with van der Waals surface area (Å²) in [4.78, 5) is 41.7. The summed E-state index contributed by atoms with van der Waals surface area (Å²) in [6.07, 6.45) is 4.55. The highest BCUT2D eigenvalue weighted by Crippen LogP contribution is 2.26. The van der Waals surface area contributed by atoms with E-state index in [4.69, 9.17) is 4.74 Å². The predicted molar refractivity (Wildman–Crippen MR) is 115 cm³/mol. The zero-order chi connectivity index (χ0) is 22.5. The van der Waals surface area contributed by atoms with Gasteiger partial charge < -0.3 is 4.74 Å². The third-order valence-electron chi connectivity index (χ3n) is 5.18. The van der Waals surface area contributed by atoms with Crippen molar-refractivity contribution in [2.24, 2.45) is 5.92 Å². The molecule has 4 rings (SSSR count). The van der Waals surface area contributed by atoms with E-state index < -0.39 is 24.3 Å². The van der Waals surface area contributed by atoms with Crippen LogP contribution in [0.1, 0.15) is 42.7 Å². The van der Waals surface area contributed by atoms with E-state index in [0.717, 1.165) is 37.0 Å². The van der Waals surface area contributed by atoms with E-state index in [1.165, 1.54) is 40.3 Å². The van der Waals surface area contributed by atoms with Crippen LogP contribution in [0.3, 0.4) is 0 Å². The number of hydrogen-bond donors (Lipinski definition) is 1. The number of esters is 1. The SMILES string of the molecule is O=C(COC(=O)c1nc(-c2cccs2)n(-c2ccc(F)cc2)n1)NC(=O)C1CCCCC1. The van der Waals surface area contributed by atoms with Gasteiger partial charge in [0.2, 0.25) is 5.91 Å². The molecule has 1 aliphatic rings. The highest BCUT2D eigenvalue weighted by atomic mass is 32.1. The Balaban J connectivity index is 1.44. The molecule has 1 fully saturated rings. The molecule has 1 aromatic carbocycles. The second-order valence-corrected chi connectivity index (χ2v) is 8.40. The van der Waals surface area contributed by atoms with Crippen molar-refractivity contribution in [3.8, 4) is 16.4 Å². The molecule has 1 saturated carbocycles. The quantitative estimate of drug-likeness (QED) is 0.570. The van der Waals surface area contributed by atoms with Crippen LogP contribution < -0.4 is 5.32 Å². The molecule has 0 atom stereocenters. The van der Waals surface area contributed by atoms with E-state index in [1.807, 2.05) is 17.5 Å². The highest BCUT2D eigenvalue weighted by Gasteiger charge is 2.24. The smallest absolute Gasteiger partial charge is 0.378 e. The third kappa shape index (κ3) is 5.08. The van der Waals surface area contributed by atoms with Crippen LogP contribution in [-0.4, -0.2) is 39.2 Å². The topological polar surface area (TPSA) is 103 Å². The zero-order valence-corrected chi connectivity index (χ0v) is 17.9. The number of nitrogens with zero attached hydrogens (tertiary/aromatic N) is 3. The van der Waals surface area contributed by atoms with Crippen LogP contribution in [0.25, 0.3) is 16.4 Å². The molecule has 2 heterocycles. The van der Waals surface area contributed by atoms with Gasteiger partial charge in [0.15, 0.2) is 12.4 Å². The second-order valence-electron chi connectivity index (χ2n) is 7.45. The van der Waals surface area contributed by atoms with E-state index in [2.05, 4.69) is 15.4 Å². The van der Waals surface area contributed by atoms with Gasteiger partial charge in [0.25, 0.3) is 11.7 Å². The average molecular weight is 456 g/mol. The lowest BCUT2D eigenvalue weighted by Crippen LogP contribution is -2.39. The number of amides is 2. The number of thiophene rings is 1. The lowest BCUT2D eigenvalue weighted by atomic mass is 9.89. The minimum absolute atomic E-state index is 0.176. The Kier molecular flexibility index (Phi) is 6.69. The molecular formula is C22H21FN4O4S. The van der Waals surface area contributed by atoms with Gasteiger partial charge >= 0.3 is 5.97 Å². The van der Waals surface area contributed by atoms with Gasteiger partial charge in [-0.15, -0.1) is 16.4 Å². The van der Waals surface area contributed by atoms with E-state index in [0.29, 0.717) is 11.5 Å². The van der Waals surface area contributed by atoms with Gasteiger partial charge in [-0.3, -0.25) is 14.9 Å². The molecule has 0 radical (unpaired) electrons. The first kappa shape index (κ1) is 21.8. The first-order chi connectivity index (χ1) is 15.5. The number of carbonyl (C=O) groups is 3. The molecule has 2 aromatic heterocycles. The van der Waals surface area contributed by atoms with Crippen molar-refractivity contribution in [2.75, 3.05) is 6.61 Å². The number of carbonyl (C=O) groups excluding carboxylic acids is 3. The lowest BCUT2D eigenvalue weighted by molar-refractivity contribution is -0.135. The molecule has 10 heteroatoms. The fourth-order valence-electron chi connectivity index (χ4n) is 3.56. The van der Waals surface area contributed by atoms with Crippen LogP contribution in [0.15, 0.2) is 41.8 Å². The average Bonchev–Trinajstić information content (AvgIpc) is 3.49. The maximum Gasteiger partial charge on any atom is 0.378 e. The van der Waals surface area contributed by atoms with Crippen molar-refractivity contribution in [2.45, 2.75) is 32.1 Å². The van der Waals surface area contributed by atoms with Crippen LogP contribution in [0.2, 0.25) is 0 Å². The first-order valence-corrected chi connectivity index (χ1v) is 11.2. The van der Waals surface area contributed by atoms with Crippen LogP contribution in [0.5, 0.6) is 0 Å². The Hall–Kier alpha value is -3.40. The van der Waals surface area contributed by atoms with E-state index in [9.17, 15) is 18.8 Å². The fraction of sp³-hybridized carbons (Fsp3) is 0.318. The maximum atomic E-state index is 13.3. The molecular weight excluding hydrogens is 435 g/mol. The van der Waals surface area contributed by atoms with Gasteiger partial charge in [0, 0.05) is 5.92 Å². The molecule has 0 spiro atoms. The van der Waals surface area contributed by atoms with Gasteiger partial charge in [0.05, 0.1) is 10.6 Å². The molecule has 0 aliphatic heterocycles. The Morgan fingerprint density at radius 3 is 2.56 bits per heavy atom. The number of hydrogen-bond acceptors (Lipinski definition) is 7.